The molecule has 6 heteroatoms. The monoisotopic (exact) mass is 396 g/mol. The summed E-state index contributed by atoms with van der Waals surface area (Å²) in [5.41, 5.74) is 0. The number of hydrogen-bond donors (Lipinski definition) is 2. The van der Waals surface area contributed by atoms with Crippen molar-refractivity contribution in [3.63, 3.8) is 0 Å². The zero-order chi connectivity index (χ0) is 19.9. The summed E-state index contributed by atoms with van der Waals surface area (Å²) >= 11 is 0. The van der Waals surface area contributed by atoms with Gasteiger partial charge in [0.2, 0.25) is 0 Å². The van der Waals surface area contributed by atoms with E-state index in [4.69, 9.17) is 0 Å². The van der Waals surface area contributed by atoms with Gasteiger partial charge >= 0.3 is 0 Å². The van der Waals surface area contributed by atoms with E-state index in [2.05, 4.69) is 33.4 Å². The summed E-state index contributed by atoms with van der Waals surface area (Å²) in [6.45, 7) is 16.4. The molecule has 0 bridgehead atoms. The van der Waals surface area contributed by atoms with Crippen LogP contribution in [0, 0.1) is 11.8 Å². The average molecular weight is 397 g/mol. The summed E-state index contributed by atoms with van der Waals surface area (Å²) in [5, 5.41) is 21.0. The first-order valence-electron chi connectivity index (χ1n) is 11.7. The maximum Gasteiger partial charge on any atom is 0.0793 e. The first kappa shape index (κ1) is 22.4. The minimum atomic E-state index is -0.247. The molecule has 3 aliphatic heterocycles. The van der Waals surface area contributed by atoms with E-state index in [0.717, 1.165) is 90.4 Å². The summed E-state index contributed by atoms with van der Waals surface area (Å²) in [5.74, 6) is 1.54. The van der Waals surface area contributed by atoms with E-state index in [1.54, 1.807) is 0 Å². The van der Waals surface area contributed by atoms with Crippen LogP contribution in [0.15, 0.2) is 0 Å². The van der Waals surface area contributed by atoms with Gasteiger partial charge in [-0.2, -0.15) is 0 Å². The van der Waals surface area contributed by atoms with E-state index in [1.165, 1.54) is 25.7 Å². The number of rotatable bonds is 8. The predicted molar refractivity (Wildman–Crippen MR) is 115 cm³/mol. The van der Waals surface area contributed by atoms with Crippen molar-refractivity contribution in [1.82, 2.24) is 19.6 Å². The molecule has 0 aliphatic carbocycles. The Bertz CT molecular complexity index is 404. The van der Waals surface area contributed by atoms with Gasteiger partial charge in [0.25, 0.3) is 0 Å². The third-order valence-corrected chi connectivity index (χ3v) is 6.82. The maximum atomic E-state index is 10.5. The standard InChI is InChI=1S/C22H44N4O2/c1-19-5-3-7-25(13-19)17-21(27)15-23-9-11-24(12-10-23)16-22(28)18-26-8-4-6-20(2)14-26/h19-22,27-28H,3-18H2,1-2H3/t19-,20-,21-,22+/m0/s1. The summed E-state index contributed by atoms with van der Waals surface area (Å²) in [7, 11) is 0. The van der Waals surface area contributed by atoms with E-state index in [0.29, 0.717) is 0 Å². The number of likely N-dealkylation sites (tertiary alicyclic amines) is 2. The zero-order valence-electron chi connectivity index (χ0n) is 18.3. The Morgan fingerprint density at radius 3 is 1.32 bits per heavy atom. The number of piperazine rings is 1. The van der Waals surface area contributed by atoms with E-state index in [-0.39, 0.29) is 12.2 Å². The second kappa shape index (κ2) is 11.2. The van der Waals surface area contributed by atoms with Crippen LogP contribution in [0.1, 0.15) is 39.5 Å². The van der Waals surface area contributed by atoms with Gasteiger partial charge in [-0.1, -0.05) is 13.8 Å². The highest BCUT2D eigenvalue weighted by atomic mass is 16.3. The van der Waals surface area contributed by atoms with E-state index < -0.39 is 0 Å². The van der Waals surface area contributed by atoms with Crippen LogP contribution in [-0.2, 0) is 0 Å². The van der Waals surface area contributed by atoms with Crippen LogP contribution in [0.25, 0.3) is 0 Å². The molecule has 0 unspecified atom stereocenters. The fourth-order valence-electron chi connectivity index (χ4n) is 5.37. The van der Waals surface area contributed by atoms with Gasteiger partial charge < -0.3 is 20.0 Å². The van der Waals surface area contributed by atoms with Crippen molar-refractivity contribution >= 4 is 0 Å². The van der Waals surface area contributed by atoms with Crippen LogP contribution in [0.3, 0.4) is 0 Å². The average Bonchev–Trinajstić information content (AvgIpc) is 2.63. The zero-order valence-corrected chi connectivity index (χ0v) is 18.3. The highest BCUT2D eigenvalue weighted by molar-refractivity contribution is 4.80. The molecular weight excluding hydrogens is 352 g/mol. The predicted octanol–water partition coefficient (Wildman–Crippen LogP) is 0.790. The van der Waals surface area contributed by atoms with Gasteiger partial charge in [0, 0.05) is 65.4 Å². The minimum Gasteiger partial charge on any atom is -0.390 e. The lowest BCUT2D eigenvalue weighted by Gasteiger charge is -2.38. The van der Waals surface area contributed by atoms with Crippen LogP contribution >= 0.6 is 0 Å². The van der Waals surface area contributed by atoms with Crippen molar-refractivity contribution in [2.45, 2.75) is 51.7 Å². The third-order valence-electron chi connectivity index (χ3n) is 6.82. The van der Waals surface area contributed by atoms with Crippen LogP contribution < -0.4 is 0 Å². The van der Waals surface area contributed by atoms with Crippen LogP contribution in [0.5, 0.6) is 0 Å². The number of hydrogen-bond acceptors (Lipinski definition) is 6. The van der Waals surface area contributed by atoms with Gasteiger partial charge in [-0.05, 0) is 50.6 Å². The summed E-state index contributed by atoms with van der Waals surface area (Å²) in [6.07, 6.45) is 4.71. The van der Waals surface area contributed by atoms with Crippen molar-refractivity contribution in [3.05, 3.63) is 0 Å². The highest BCUT2D eigenvalue weighted by Crippen LogP contribution is 2.17. The molecule has 164 valence electrons. The van der Waals surface area contributed by atoms with Gasteiger partial charge in [-0.3, -0.25) is 9.80 Å². The first-order valence-corrected chi connectivity index (χ1v) is 11.7. The van der Waals surface area contributed by atoms with E-state index >= 15 is 0 Å². The molecule has 2 N–H and O–H groups in total. The quantitative estimate of drug-likeness (QED) is 0.633. The van der Waals surface area contributed by atoms with E-state index in [9.17, 15) is 10.2 Å². The summed E-state index contributed by atoms with van der Waals surface area (Å²) < 4.78 is 0. The highest BCUT2D eigenvalue weighted by Gasteiger charge is 2.25. The molecule has 0 aromatic heterocycles. The normalized spacial score (nSPS) is 31.7. The van der Waals surface area contributed by atoms with Crippen molar-refractivity contribution < 1.29 is 10.2 Å². The Balaban J connectivity index is 1.29. The van der Waals surface area contributed by atoms with Crippen LogP contribution in [-0.4, -0.2) is 121 Å². The maximum absolute atomic E-state index is 10.5. The lowest BCUT2D eigenvalue weighted by atomic mass is 10.00. The molecule has 3 heterocycles. The molecule has 4 atom stereocenters. The third kappa shape index (κ3) is 7.54. The summed E-state index contributed by atoms with van der Waals surface area (Å²) in [6, 6.07) is 0. The lowest BCUT2D eigenvalue weighted by molar-refractivity contribution is 0.0210. The number of β-amino-alcohol motifs (C(OH)–C–C–N with tert-alkyl or cyclic N) is 2. The van der Waals surface area contributed by atoms with Crippen molar-refractivity contribution in [1.29, 1.82) is 0 Å². The number of aliphatic hydroxyl groups excluding tert-OH is 2. The largest absolute Gasteiger partial charge is 0.390 e. The van der Waals surface area contributed by atoms with Gasteiger partial charge in [0.05, 0.1) is 12.2 Å². The molecule has 28 heavy (non-hydrogen) atoms. The SMILES string of the molecule is C[C@H]1CCCN(C[C@H](O)CN2CCN(C[C@H](O)CN3CCC[C@H](C)C3)CC2)C1. The Labute approximate surface area is 172 Å². The Kier molecular flexibility index (Phi) is 9.00. The van der Waals surface area contributed by atoms with Crippen molar-refractivity contribution in [2.24, 2.45) is 11.8 Å². The number of aliphatic hydroxyl groups is 2. The Hall–Kier alpha value is -0.240. The van der Waals surface area contributed by atoms with Crippen LogP contribution in [0.2, 0.25) is 0 Å². The molecule has 0 aromatic carbocycles. The molecule has 3 aliphatic rings. The smallest absolute Gasteiger partial charge is 0.0793 e. The van der Waals surface area contributed by atoms with Crippen LogP contribution in [0.4, 0.5) is 0 Å². The topological polar surface area (TPSA) is 53.4 Å². The molecule has 3 rings (SSSR count). The molecule has 0 saturated carbocycles. The molecular formula is C22H44N4O2. The Morgan fingerprint density at radius 2 is 0.964 bits per heavy atom. The van der Waals surface area contributed by atoms with E-state index in [1.807, 2.05) is 0 Å². The molecule has 0 spiro atoms. The molecule has 6 nitrogen and oxygen atoms in total. The molecule has 3 fully saturated rings. The molecule has 3 saturated heterocycles. The molecule has 0 amide bonds. The first-order chi connectivity index (χ1) is 13.5. The van der Waals surface area contributed by atoms with Crippen molar-refractivity contribution in [3.8, 4) is 0 Å². The molecule has 0 radical (unpaired) electrons. The lowest BCUT2D eigenvalue weighted by Crippen LogP contribution is -2.52. The van der Waals surface area contributed by atoms with Gasteiger partial charge in [-0.25, -0.2) is 0 Å². The minimum absolute atomic E-state index is 0.247. The summed E-state index contributed by atoms with van der Waals surface area (Å²) in [4.78, 5) is 9.67. The van der Waals surface area contributed by atoms with Gasteiger partial charge in [0.15, 0.2) is 0 Å². The second-order valence-electron chi connectivity index (χ2n) is 9.92. The fourth-order valence-corrected chi connectivity index (χ4v) is 5.37. The number of nitrogens with zero attached hydrogens (tertiary/aromatic N) is 4. The van der Waals surface area contributed by atoms with Crippen molar-refractivity contribution in [2.75, 3.05) is 78.5 Å². The second-order valence-corrected chi connectivity index (χ2v) is 9.92. The van der Waals surface area contributed by atoms with Gasteiger partial charge in [0.1, 0.15) is 0 Å². The molecule has 0 aromatic rings. The number of piperidine rings is 2. The van der Waals surface area contributed by atoms with Gasteiger partial charge in [-0.15, -0.1) is 0 Å². The fraction of sp³-hybridized carbons (Fsp3) is 1.00. The Morgan fingerprint density at radius 1 is 0.607 bits per heavy atom.